The summed E-state index contributed by atoms with van der Waals surface area (Å²) < 4.78 is 37.0. The van der Waals surface area contributed by atoms with Crippen LogP contribution < -0.4 is 4.74 Å². The third kappa shape index (κ3) is 1.96. The van der Waals surface area contributed by atoms with Crippen molar-refractivity contribution in [1.82, 2.24) is 0 Å². The van der Waals surface area contributed by atoms with Gasteiger partial charge in [-0.25, -0.2) is 8.42 Å². The molecule has 2 heterocycles. The summed E-state index contributed by atoms with van der Waals surface area (Å²) in [4.78, 5) is 0.565. The highest BCUT2D eigenvalue weighted by atomic mass is 32.2. The van der Waals surface area contributed by atoms with E-state index in [1.165, 1.54) is 0 Å². The molecule has 2 aromatic carbocycles. The van der Waals surface area contributed by atoms with E-state index in [0.29, 0.717) is 10.6 Å². The van der Waals surface area contributed by atoms with E-state index in [1.54, 1.807) is 48.5 Å². The van der Waals surface area contributed by atoms with Crippen molar-refractivity contribution in [3.63, 3.8) is 0 Å². The molecular formula is C17H16O4S. The van der Waals surface area contributed by atoms with E-state index in [-0.39, 0.29) is 22.7 Å². The van der Waals surface area contributed by atoms with E-state index in [1.807, 2.05) is 13.8 Å². The molecule has 0 N–H and O–H groups in total. The van der Waals surface area contributed by atoms with Crippen LogP contribution in [0.2, 0.25) is 0 Å². The van der Waals surface area contributed by atoms with Crippen molar-refractivity contribution in [3.05, 3.63) is 54.1 Å². The van der Waals surface area contributed by atoms with E-state index in [9.17, 15) is 8.42 Å². The van der Waals surface area contributed by atoms with Gasteiger partial charge >= 0.3 is 0 Å². The van der Waals surface area contributed by atoms with E-state index >= 15 is 0 Å². The summed E-state index contributed by atoms with van der Waals surface area (Å²) in [6.07, 6.45) is -0.0700. The minimum atomic E-state index is -3.52. The summed E-state index contributed by atoms with van der Waals surface area (Å²) in [5.74, 6) is 0.704. The quantitative estimate of drug-likeness (QED) is 0.799. The smallest absolute Gasteiger partial charge is 0.206 e. The minimum absolute atomic E-state index is 0.00493. The number of ether oxygens (including phenoxy) is 2. The molecule has 22 heavy (non-hydrogen) atoms. The monoisotopic (exact) mass is 316 g/mol. The number of benzene rings is 2. The Labute approximate surface area is 129 Å². The van der Waals surface area contributed by atoms with Gasteiger partial charge in [0.1, 0.15) is 23.6 Å². The number of hydrogen-bond donors (Lipinski definition) is 0. The van der Waals surface area contributed by atoms with Gasteiger partial charge in [-0.05, 0) is 44.2 Å². The number of fused-ring (bicyclic) bond motifs is 3. The molecule has 1 unspecified atom stereocenters. The molecular weight excluding hydrogens is 300 g/mol. The van der Waals surface area contributed by atoms with Crippen LogP contribution in [0.5, 0.6) is 5.75 Å². The average Bonchev–Trinajstić information content (AvgIpc) is 3.29. The number of hydrogen-bond acceptors (Lipinski definition) is 4. The Morgan fingerprint density at radius 1 is 1.00 bits per heavy atom. The van der Waals surface area contributed by atoms with E-state index in [2.05, 4.69) is 0 Å². The molecule has 0 aliphatic carbocycles. The zero-order valence-electron chi connectivity index (χ0n) is 12.3. The van der Waals surface area contributed by atoms with Gasteiger partial charge in [-0.3, -0.25) is 0 Å². The van der Waals surface area contributed by atoms with Crippen LogP contribution in [0.15, 0.2) is 58.3 Å². The largest absolute Gasteiger partial charge is 0.485 e. The zero-order valence-corrected chi connectivity index (χ0v) is 13.1. The predicted octanol–water partition coefficient (Wildman–Crippen LogP) is 3.13. The molecule has 4 rings (SSSR count). The lowest BCUT2D eigenvalue weighted by molar-refractivity contribution is 0.0724. The average molecular weight is 316 g/mol. The van der Waals surface area contributed by atoms with Gasteiger partial charge in [0.15, 0.2) is 0 Å². The first-order valence-corrected chi connectivity index (χ1v) is 8.66. The van der Waals surface area contributed by atoms with Crippen molar-refractivity contribution in [1.29, 1.82) is 0 Å². The number of sulfone groups is 1. The Morgan fingerprint density at radius 3 is 2.45 bits per heavy atom. The van der Waals surface area contributed by atoms with Gasteiger partial charge in [0.25, 0.3) is 0 Å². The molecule has 0 radical (unpaired) electrons. The summed E-state index contributed by atoms with van der Waals surface area (Å²) in [5.41, 5.74) is 0.443. The molecule has 0 aromatic heterocycles. The van der Waals surface area contributed by atoms with Gasteiger partial charge in [-0.2, -0.15) is 0 Å². The van der Waals surface area contributed by atoms with Crippen LogP contribution in [0.1, 0.15) is 25.5 Å². The molecule has 4 nitrogen and oxygen atoms in total. The maximum Gasteiger partial charge on any atom is 0.206 e. The zero-order chi connectivity index (χ0) is 15.5. The molecule has 2 aliphatic heterocycles. The van der Waals surface area contributed by atoms with Crippen LogP contribution in [0.4, 0.5) is 0 Å². The van der Waals surface area contributed by atoms with Crippen LogP contribution in [-0.4, -0.2) is 20.1 Å². The molecule has 114 valence electrons. The van der Waals surface area contributed by atoms with Crippen LogP contribution >= 0.6 is 0 Å². The second-order valence-electron chi connectivity index (χ2n) is 6.20. The fraction of sp³-hybridized carbons (Fsp3) is 0.294. The molecule has 0 spiro atoms. The highest BCUT2D eigenvalue weighted by Crippen LogP contribution is 2.54. The lowest BCUT2D eigenvalue weighted by Crippen LogP contribution is -2.37. The Morgan fingerprint density at radius 2 is 1.73 bits per heavy atom. The third-order valence-corrected chi connectivity index (χ3v) is 5.97. The standard InChI is InChI=1S/C17H16O4S/c1-17(2)16-15(20-16)13-10-12(8-9-14(13)21-17)22(18,19)11-6-4-3-5-7-11/h3-10,15-16H,1-2H3/t15?,16-/m0/s1. The SMILES string of the molecule is CC1(C)Oc2ccc(S(=O)(=O)c3ccccc3)cc2C2O[C@@H]21. The minimum Gasteiger partial charge on any atom is -0.485 e. The highest BCUT2D eigenvalue weighted by Gasteiger charge is 2.56. The van der Waals surface area contributed by atoms with Crippen molar-refractivity contribution in [2.75, 3.05) is 0 Å². The molecule has 2 aliphatic rings. The van der Waals surface area contributed by atoms with Crippen LogP contribution in [0, 0.1) is 0 Å². The maximum atomic E-state index is 12.7. The number of epoxide rings is 1. The van der Waals surface area contributed by atoms with Crippen molar-refractivity contribution in [2.45, 2.75) is 41.4 Å². The third-order valence-electron chi connectivity index (χ3n) is 4.20. The van der Waals surface area contributed by atoms with E-state index in [4.69, 9.17) is 9.47 Å². The van der Waals surface area contributed by atoms with Gasteiger partial charge in [0, 0.05) is 5.56 Å². The first kappa shape index (κ1) is 13.8. The molecule has 0 saturated carbocycles. The van der Waals surface area contributed by atoms with E-state index in [0.717, 1.165) is 5.56 Å². The molecule has 1 saturated heterocycles. The molecule has 0 amide bonds. The number of rotatable bonds is 2. The van der Waals surface area contributed by atoms with Crippen LogP contribution in [-0.2, 0) is 14.6 Å². The maximum absolute atomic E-state index is 12.7. The second kappa shape index (κ2) is 4.33. The fourth-order valence-electron chi connectivity index (χ4n) is 2.96. The van der Waals surface area contributed by atoms with Crippen molar-refractivity contribution in [3.8, 4) is 5.75 Å². The summed E-state index contributed by atoms with van der Waals surface area (Å²) in [7, 11) is -3.52. The van der Waals surface area contributed by atoms with Gasteiger partial charge in [-0.1, -0.05) is 18.2 Å². The Kier molecular flexibility index (Phi) is 2.72. The van der Waals surface area contributed by atoms with Crippen molar-refractivity contribution >= 4 is 9.84 Å². The Balaban J connectivity index is 1.79. The van der Waals surface area contributed by atoms with Gasteiger partial charge in [0.05, 0.1) is 9.79 Å². The summed E-state index contributed by atoms with van der Waals surface area (Å²) in [5, 5.41) is 0. The van der Waals surface area contributed by atoms with Crippen LogP contribution in [0.25, 0.3) is 0 Å². The van der Waals surface area contributed by atoms with Crippen molar-refractivity contribution in [2.24, 2.45) is 0 Å². The summed E-state index contributed by atoms with van der Waals surface area (Å²) in [6.45, 7) is 3.96. The first-order chi connectivity index (χ1) is 10.4. The lowest BCUT2D eigenvalue weighted by atomic mass is 9.94. The fourth-order valence-corrected chi connectivity index (χ4v) is 4.28. The molecule has 5 heteroatoms. The summed E-state index contributed by atoms with van der Waals surface area (Å²) in [6, 6.07) is 13.4. The molecule has 2 aromatic rings. The normalized spacial score (nSPS) is 24.8. The summed E-state index contributed by atoms with van der Waals surface area (Å²) >= 11 is 0. The molecule has 0 bridgehead atoms. The highest BCUT2D eigenvalue weighted by molar-refractivity contribution is 7.91. The Hall–Kier alpha value is -1.85. The van der Waals surface area contributed by atoms with Crippen molar-refractivity contribution < 1.29 is 17.9 Å². The Bertz CT molecular complexity index is 840. The molecule has 1 fully saturated rings. The van der Waals surface area contributed by atoms with Crippen LogP contribution in [0.3, 0.4) is 0 Å². The molecule has 2 atom stereocenters. The lowest BCUT2D eigenvalue weighted by Gasteiger charge is -2.29. The first-order valence-electron chi connectivity index (χ1n) is 7.18. The van der Waals surface area contributed by atoms with Gasteiger partial charge < -0.3 is 9.47 Å². The van der Waals surface area contributed by atoms with Gasteiger partial charge in [-0.15, -0.1) is 0 Å². The second-order valence-corrected chi connectivity index (χ2v) is 8.15. The van der Waals surface area contributed by atoms with E-state index < -0.39 is 9.84 Å². The predicted molar refractivity (Wildman–Crippen MR) is 80.7 cm³/mol. The van der Waals surface area contributed by atoms with Gasteiger partial charge in [0.2, 0.25) is 9.84 Å². The topological polar surface area (TPSA) is 55.9 Å².